The number of carboxylic acid groups (broad SMARTS) is 1. The Balaban J connectivity index is 2.75. The van der Waals surface area contributed by atoms with Gasteiger partial charge < -0.3 is 15.5 Å². The number of amides is 1. The molecule has 0 saturated heterocycles. The van der Waals surface area contributed by atoms with Crippen LogP contribution in [0, 0.1) is 34.6 Å². The summed E-state index contributed by atoms with van der Waals surface area (Å²) in [6, 6.07) is 0. The molecule has 1 amide bonds. The molecule has 2 rings (SSSR count). The van der Waals surface area contributed by atoms with Crippen molar-refractivity contribution in [2.45, 2.75) is 34.6 Å². The average molecular weight is 316 g/mol. The van der Waals surface area contributed by atoms with E-state index in [-0.39, 0.29) is 11.4 Å². The Morgan fingerprint density at radius 1 is 0.957 bits per heavy atom. The van der Waals surface area contributed by atoms with Crippen LogP contribution >= 0.6 is 0 Å². The van der Waals surface area contributed by atoms with E-state index in [0.717, 1.165) is 27.6 Å². The zero-order valence-electron chi connectivity index (χ0n) is 13.9. The summed E-state index contributed by atoms with van der Waals surface area (Å²) in [6.45, 7) is 9.08. The second kappa shape index (κ2) is 5.87. The Hall–Kier alpha value is -2.63. The first-order valence-corrected chi connectivity index (χ1v) is 7.26. The predicted octanol–water partition coefficient (Wildman–Crippen LogP) is 2.30. The number of carboxylic acids is 1. The smallest absolute Gasteiger partial charge is 0.322 e. The van der Waals surface area contributed by atoms with E-state index in [2.05, 4.69) is 10.3 Å². The molecule has 23 heavy (non-hydrogen) atoms. The number of rotatable bonds is 3. The number of aromatic hydroxyl groups is 1. The van der Waals surface area contributed by atoms with E-state index in [1.807, 2.05) is 27.7 Å². The maximum Gasteiger partial charge on any atom is 0.322 e. The van der Waals surface area contributed by atoms with Crippen molar-refractivity contribution in [2.24, 2.45) is 0 Å². The van der Waals surface area contributed by atoms with Crippen molar-refractivity contribution in [3.05, 3.63) is 33.6 Å². The van der Waals surface area contributed by atoms with Crippen LogP contribution in [0.5, 0.6) is 5.75 Å². The van der Waals surface area contributed by atoms with Crippen LogP contribution in [0.25, 0.3) is 10.8 Å². The summed E-state index contributed by atoms with van der Waals surface area (Å²) >= 11 is 0. The second-order valence-electron chi connectivity index (χ2n) is 5.72. The maximum atomic E-state index is 12.1. The molecule has 0 radical (unpaired) electrons. The number of carbonyl (C=O) groups is 2. The topological polar surface area (TPSA) is 99.5 Å². The molecule has 6 nitrogen and oxygen atoms in total. The summed E-state index contributed by atoms with van der Waals surface area (Å²) in [6.07, 6.45) is 0. The van der Waals surface area contributed by atoms with Crippen LogP contribution in [-0.2, 0) is 4.79 Å². The highest BCUT2D eigenvalue weighted by Crippen LogP contribution is 2.37. The van der Waals surface area contributed by atoms with Gasteiger partial charge in [0.25, 0.3) is 5.91 Å². The number of carbonyl (C=O) groups excluding carboxylic acids is 1. The molecule has 0 spiro atoms. The van der Waals surface area contributed by atoms with Crippen LogP contribution < -0.4 is 5.32 Å². The lowest BCUT2D eigenvalue weighted by atomic mass is 9.90. The molecule has 0 aliphatic carbocycles. The first-order valence-electron chi connectivity index (χ1n) is 7.26. The number of aliphatic carboxylic acids is 1. The van der Waals surface area contributed by atoms with Gasteiger partial charge in [0.2, 0.25) is 0 Å². The lowest BCUT2D eigenvalue weighted by molar-refractivity contribution is -0.135. The summed E-state index contributed by atoms with van der Waals surface area (Å²) in [5.41, 5.74) is 4.55. The zero-order chi connectivity index (χ0) is 17.5. The van der Waals surface area contributed by atoms with Crippen molar-refractivity contribution in [1.82, 2.24) is 10.3 Å². The maximum absolute atomic E-state index is 12.1. The summed E-state index contributed by atoms with van der Waals surface area (Å²) in [7, 11) is 0. The molecular weight excluding hydrogens is 296 g/mol. The Bertz CT molecular complexity index is 841. The summed E-state index contributed by atoms with van der Waals surface area (Å²) in [5, 5.41) is 22.9. The van der Waals surface area contributed by atoms with Crippen molar-refractivity contribution in [3.63, 3.8) is 0 Å². The number of hydrogen-bond donors (Lipinski definition) is 3. The van der Waals surface area contributed by atoms with Crippen molar-refractivity contribution < 1.29 is 19.8 Å². The fourth-order valence-electron chi connectivity index (χ4n) is 2.85. The van der Waals surface area contributed by atoms with Crippen LogP contribution in [0.1, 0.15) is 38.4 Å². The second-order valence-corrected chi connectivity index (χ2v) is 5.72. The van der Waals surface area contributed by atoms with E-state index < -0.39 is 18.4 Å². The van der Waals surface area contributed by atoms with Crippen LogP contribution in [0.3, 0.4) is 0 Å². The minimum Gasteiger partial charge on any atom is -0.505 e. The summed E-state index contributed by atoms with van der Waals surface area (Å²) in [4.78, 5) is 26.9. The number of nitrogens with zero attached hydrogens (tertiary/aromatic N) is 1. The first-order chi connectivity index (χ1) is 10.7. The van der Waals surface area contributed by atoms with Gasteiger partial charge >= 0.3 is 5.97 Å². The van der Waals surface area contributed by atoms with Crippen LogP contribution in [0.2, 0.25) is 0 Å². The third-order valence-corrected chi connectivity index (χ3v) is 4.41. The molecule has 2 aromatic rings. The number of pyridine rings is 1. The van der Waals surface area contributed by atoms with Gasteiger partial charge in [-0.3, -0.25) is 9.59 Å². The van der Waals surface area contributed by atoms with Gasteiger partial charge in [-0.05, 0) is 56.9 Å². The van der Waals surface area contributed by atoms with Gasteiger partial charge in [0.05, 0.1) is 0 Å². The molecule has 1 heterocycles. The van der Waals surface area contributed by atoms with Crippen molar-refractivity contribution >= 4 is 22.6 Å². The zero-order valence-corrected chi connectivity index (χ0v) is 13.9. The minimum absolute atomic E-state index is 0.151. The molecule has 0 aliphatic heterocycles. The van der Waals surface area contributed by atoms with Crippen molar-refractivity contribution in [3.8, 4) is 5.75 Å². The van der Waals surface area contributed by atoms with E-state index >= 15 is 0 Å². The largest absolute Gasteiger partial charge is 0.505 e. The first kappa shape index (κ1) is 16.7. The van der Waals surface area contributed by atoms with Gasteiger partial charge in [0.1, 0.15) is 6.54 Å². The summed E-state index contributed by atoms with van der Waals surface area (Å²) in [5.74, 6) is -2.07. The number of hydrogen-bond acceptors (Lipinski definition) is 4. The highest BCUT2D eigenvalue weighted by Gasteiger charge is 2.22. The third kappa shape index (κ3) is 2.72. The van der Waals surface area contributed by atoms with Gasteiger partial charge in [-0.1, -0.05) is 0 Å². The lowest BCUT2D eigenvalue weighted by Crippen LogP contribution is -2.30. The molecule has 0 bridgehead atoms. The van der Waals surface area contributed by atoms with Crippen molar-refractivity contribution in [2.75, 3.05) is 6.54 Å². The highest BCUT2D eigenvalue weighted by atomic mass is 16.4. The van der Waals surface area contributed by atoms with Gasteiger partial charge in [0, 0.05) is 16.5 Å². The van der Waals surface area contributed by atoms with Gasteiger partial charge in [-0.15, -0.1) is 0 Å². The van der Waals surface area contributed by atoms with Crippen LogP contribution in [0.4, 0.5) is 0 Å². The summed E-state index contributed by atoms with van der Waals surface area (Å²) < 4.78 is 0. The van der Waals surface area contributed by atoms with Crippen LogP contribution in [-0.4, -0.2) is 33.6 Å². The molecule has 6 heteroatoms. The fraction of sp³-hybridized carbons (Fsp3) is 0.353. The molecule has 1 aromatic heterocycles. The van der Waals surface area contributed by atoms with Gasteiger partial charge in [0.15, 0.2) is 11.4 Å². The Morgan fingerprint density at radius 3 is 2.00 bits per heavy atom. The normalized spacial score (nSPS) is 10.8. The number of aromatic nitrogens is 1. The molecule has 0 saturated carbocycles. The predicted molar refractivity (Wildman–Crippen MR) is 87.1 cm³/mol. The quantitative estimate of drug-likeness (QED) is 0.807. The van der Waals surface area contributed by atoms with E-state index in [1.54, 1.807) is 6.92 Å². The molecule has 0 aliphatic rings. The Labute approximate surface area is 134 Å². The average Bonchev–Trinajstić information content (AvgIpc) is 2.49. The van der Waals surface area contributed by atoms with Crippen molar-refractivity contribution in [1.29, 1.82) is 0 Å². The van der Waals surface area contributed by atoms with Gasteiger partial charge in [-0.25, -0.2) is 4.98 Å². The molecule has 0 unspecified atom stereocenters. The lowest BCUT2D eigenvalue weighted by Gasteiger charge is -2.18. The Kier molecular flexibility index (Phi) is 4.27. The molecule has 0 atom stereocenters. The van der Waals surface area contributed by atoms with E-state index in [9.17, 15) is 14.7 Å². The third-order valence-electron chi connectivity index (χ3n) is 4.41. The molecule has 1 aromatic carbocycles. The van der Waals surface area contributed by atoms with E-state index in [0.29, 0.717) is 11.1 Å². The molecular formula is C17H20N2O4. The Morgan fingerprint density at radius 2 is 1.48 bits per heavy atom. The number of benzene rings is 1. The van der Waals surface area contributed by atoms with E-state index in [1.165, 1.54) is 0 Å². The number of fused-ring (bicyclic) bond motifs is 1. The molecule has 3 N–H and O–H groups in total. The standard InChI is InChI=1S/C17H20N2O4/c1-7-8(2)10(4)14-13(9(7)3)11(5)19-15(16(14)22)17(23)18-6-12(20)21/h22H,6H2,1-5H3,(H,18,23)(H,20,21). The minimum atomic E-state index is -1.16. The fourth-order valence-corrected chi connectivity index (χ4v) is 2.85. The molecule has 0 fully saturated rings. The van der Waals surface area contributed by atoms with E-state index in [4.69, 9.17) is 5.11 Å². The highest BCUT2D eigenvalue weighted by molar-refractivity contribution is 6.05. The number of aryl methyl sites for hydroxylation is 3. The van der Waals surface area contributed by atoms with Gasteiger partial charge in [-0.2, -0.15) is 0 Å². The number of nitrogens with one attached hydrogen (secondary N) is 1. The molecule has 122 valence electrons. The SMILES string of the molecule is Cc1c(C)c(C)c2c(O)c(C(=O)NCC(=O)O)nc(C)c2c1C. The monoisotopic (exact) mass is 316 g/mol. The van der Waals surface area contributed by atoms with Crippen LogP contribution in [0.15, 0.2) is 0 Å².